The fraction of sp³-hybridized carbons (Fsp3) is 0.625. The molecular formula is C16H25F3N2. The van der Waals surface area contributed by atoms with Crippen molar-refractivity contribution in [2.75, 3.05) is 11.4 Å². The topological polar surface area (TPSA) is 29.3 Å². The summed E-state index contributed by atoms with van der Waals surface area (Å²) in [6.45, 7) is 8.14. The molecule has 120 valence electrons. The van der Waals surface area contributed by atoms with Crippen LogP contribution in [0.1, 0.15) is 45.2 Å². The van der Waals surface area contributed by atoms with Crippen LogP contribution in [0.3, 0.4) is 0 Å². The largest absolute Gasteiger partial charge is 0.418 e. The molecule has 0 heterocycles. The molecule has 0 aliphatic heterocycles. The summed E-state index contributed by atoms with van der Waals surface area (Å²) in [5.74, 6) is 0. The van der Waals surface area contributed by atoms with Gasteiger partial charge >= 0.3 is 6.18 Å². The zero-order valence-corrected chi connectivity index (χ0v) is 13.2. The fourth-order valence-electron chi connectivity index (χ4n) is 2.50. The Hall–Kier alpha value is -1.23. The average Bonchev–Trinajstić information content (AvgIpc) is 2.38. The van der Waals surface area contributed by atoms with Gasteiger partial charge in [0.15, 0.2) is 0 Å². The normalized spacial score (nSPS) is 14.9. The van der Waals surface area contributed by atoms with Crippen LogP contribution in [0.15, 0.2) is 18.2 Å². The summed E-state index contributed by atoms with van der Waals surface area (Å²) in [5.41, 5.74) is 6.00. The van der Waals surface area contributed by atoms with E-state index in [1.54, 1.807) is 24.0 Å². The third kappa shape index (κ3) is 4.63. The number of hydrogen-bond donors (Lipinski definition) is 1. The van der Waals surface area contributed by atoms with E-state index < -0.39 is 11.7 Å². The Balaban J connectivity index is 3.30. The summed E-state index contributed by atoms with van der Waals surface area (Å²) >= 11 is 0. The van der Waals surface area contributed by atoms with Gasteiger partial charge in [-0.1, -0.05) is 13.0 Å². The van der Waals surface area contributed by atoms with Gasteiger partial charge < -0.3 is 10.6 Å². The van der Waals surface area contributed by atoms with Crippen molar-refractivity contribution in [3.8, 4) is 0 Å². The van der Waals surface area contributed by atoms with Gasteiger partial charge in [-0.3, -0.25) is 0 Å². The third-order valence-electron chi connectivity index (χ3n) is 3.70. The standard InChI is InChI=1S/C16H25F3N2/c1-5-12(4)21(6-2)15-8-7-13(9-11(3)20)10-14(15)16(17,18)19/h7-8,10-12H,5-6,9,20H2,1-4H3. The Kier molecular flexibility index (Phi) is 6.08. The van der Waals surface area contributed by atoms with Crippen LogP contribution >= 0.6 is 0 Å². The zero-order chi connectivity index (χ0) is 16.2. The highest BCUT2D eigenvalue weighted by Gasteiger charge is 2.35. The predicted octanol–water partition coefficient (Wildman–Crippen LogP) is 4.22. The first-order valence-corrected chi connectivity index (χ1v) is 7.43. The van der Waals surface area contributed by atoms with Gasteiger partial charge in [0, 0.05) is 24.3 Å². The van der Waals surface area contributed by atoms with Crippen LogP contribution in [0.4, 0.5) is 18.9 Å². The first-order chi connectivity index (χ1) is 9.70. The number of halogens is 3. The Labute approximate surface area is 125 Å². The number of nitrogens with two attached hydrogens (primary N) is 1. The molecule has 0 amide bonds. The van der Waals surface area contributed by atoms with Gasteiger partial charge in [-0.2, -0.15) is 13.2 Å². The van der Waals surface area contributed by atoms with Crippen LogP contribution in [0.25, 0.3) is 0 Å². The van der Waals surface area contributed by atoms with Crippen LogP contribution in [-0.2, 0) is 12.6 Å². The van der Waals surface area contributed by atoms with Crippen LogP contribution in [0.2, 0.25) is 0 Å². The number of rotatable bonds is 6. The molecule has 2 nitrogen and oxygen atoms in total. The van der Waals surface area contributed by atoms with Crippen LogP contribution in [0.5, 0.6) is 0 Å². The highest BCUT2D eigenvalue weighted by atomic mass is 19.4. The smallest absolute Gasteiger partial charge is 0.369 e. The van der Waals surface area contributed by atoms with E-state index in [0.717, 1.165) is 6.42 Å². The van der Waals surface area contributed by atoms with E-state index in [4.69, 9.17) is 5.73 Å². The number of benzene rings is 1. The van der Waals surface area contributed by atoms with Gasteiger partial charge in [0.2, 0.25) is 0 Å². The van der Waals surface area contributed by atoms with Gasteiger partial charge in [0.05, 0.1) is 5.56 Å². The second-order valence-electron chi connectivity index (χ2n) is 5.57. The molecular weight excluding hydrogens is 277 g/mol. The molecule has 0 aliphatic carbocycles. The van der Waals surface area contributed by atoms with Crippen LogP contribution in [-0.4, -0.2) is 18.6 Å². The van der Waals surface area contributed by atoms with Gasteiger partial charge in [0.1, 0.15) is 0 Å². The van der Waals surface area contributed by atoms with Gasteiger partial charge in [-0.05, 0) is 51.3 Å². The molecule has 0 radical (unpaired) electrons. The molecule has 2 unspecified atom stereocenters. The third-order valence-corrected chi connectivity index (χ3v) is 3.70. The van der Waals surface area contributed by atoms with Gasteiger partial charge in [-0.25, -0.2) is 0 Å². The van der Waals surface area contributed by atoms with Gasteiger partial charge in [0.25, 0.3) is 0 Å². The van der Waals surface area contributed by atoms with Crippen molar-refractivity contribution in [3.63, 3.8) is 0 Å². The van der Waals surface area contributed by atoms with Crippen molar-refractivity contribution in [2.24, 2.45) is 5.73 Å². The quantitative estimate of drug-likeness (QED) is 0.852. The lowest BCUT2D eigenvalue weighted by Gasteiger charge is -2.32. The van der Waals surface area contributed by atoms with Gasteiger partial charge in [-0.15, -0.1) is 0 Å². The molecule has 5 heteroatoms. The molecule has 0 fully saturated rings. The molecule has 0 saturated carbocycles. The Bertz CT molecular complexity index is 455. The van der Waals surface area contributed by atoms with Crippen molar-refractivity contribution in [1.82, 2.24) is 0 Å². The maximum absolute atomic E-state index is 13.4. The lowest BCUT2D eigenvalue weighted by molar-refractivity contribution is -0.137. The number of anilines is 1. The van der Waals surface area contributed by atoms with Crippen LogP contribution < -0.4 is 10.6 Å². The molecule has 0 aliphatic rings. The second-order valence-corrected chi connectivity index (χ2v) is 5.57. The molecule has 0 saturated heterocycles. The predicted molar refractivity (Wildman–Crippen MR) is 81.6 cm³/mol. The highest BCUT2D eigenvalue weighted by Crippen LogP contribution is 2.38. The lowest BCUT2D eigenvalue weighted by Crippen LogP contribution is -2.34. The average molecular weight is 302 g/mol. The maximum atomic E-state index is 13.4. The number of alkyl halides is 3. The van der Waals surface area contributed by atoms with E-state index in [9.17, 15) is 13.2 Å². The SMILES string of the molecule is CCC(C)N(CC)c1ccc(CC(C)N)cc1C(F)(F)F. The van der Waals surface area contributed by atoms with E-state index in [2.05, 4.69) is 0 Å². The minimum absolute atomic E-state index is 0.0652. The molecule has 2 atom stereocenters. The molecule has 0 spiro atoms. The first-order valence-electron chi connectivity index (χ1n) is 7.43. The van der Waals surface area contributed by atoms with Crippen molar-refractivity contribution >= 4 is 5.69 Å². The molecule has 1 rings (SSSR count). The van der Waals surface area contributed by atoms with E-state index in [1.807, 2.05) is 20.8 Å². The summed E-state index contributed by atoms with van der Waals surface area (Å²) in [7, 11) is 0. The van der Waals surface area contributed by atoms with Crippen molar-refractivity contribution in [1.29, 1.82) is 0 Å². The lowest BCUT2D eigenvalue weighted by atomic mass is 10.0. The maximum Gasteiger partial charge on any atom is 0.418 e. The molecule has 2 N–H and O–H groups in total. The minimum atomic E-state index is -4.36. The van der Waals surface area contributed by atoms with E-state index >= 15 is 0 Å². The van der Waals surface area contributed by atoms with E-state index in [0.29, 0.717) is 18.5 Å². The number of nitrogens with zero attached hydrogens (tertiary/aromatic N) is 1. The molecule has 0 bridgehead atoms. The highest BCUT2D eigenvalue weighted by molar-refractivity contribution is 5.57. The summed E-state index contributed by atoms with van der Waals surface area (Å²) in [6, 6.07) is 4.47. The minimum Gasteiger partial charge on any atom is -0.369 e. The summed E-state index contributed by atoms with van der Waals surface area (Å²) in [6.07, 6.45) is -3.12. The fourth-order valence-corrected chi connectivity index (χ4v) is 2.50. The summed E-state index contributed by atoms with van der Waals surface area (Å²) in [5, 5.41) is 0. The molecule has 1 aromatic carbocycles. The van der Waals surface area contributed by atoms with Crippen molar-refractivity contribution < 1.29 is 13.2 Å². The first kappa shape index (κ1) is 17.8. The van der Waals surface area contributed by atoms with E-state index in [1.165, 1.54) is 6.07 Å². The molecule has 0 aromatic heterocycles. The molecule has 21 heavy (non-hydrogen) atoms. The summed E-state index contributed by atoms with van der Waals surface area (Å²) < 4.78 is 40.1. The Morgan fingerprint density at radius 2 is 1.81 bits per heavy atom. The van der Waals surface area contributed by atoms with Crippen molar-refractivity contribution in [3.05, 3.63) is 29.3 Å². The van der Waals surface area contributed by atoms with E-state index in [-0.39, 0.29) is 17.8 Å². The second kappa shape index (κ2) is 7.16. The zero-order valence-electron chi connectivity index (χ0n) is 13.2. The van der Waals surface area contributed by atoms with Crippen LogP contribution in [0, 0.1) is 0 Å². The monoisotopic (exact) mass is 302 g/mol. The molecule has 1 aromatic rings. The summed E-state index contributed by atoms with van der Waals surface area (Å²) in [4.78, 5) is 1.80. The Morgan fingerprint density at radius 1 is 1.19 bits per heavy atom. The Morgan fingerprint density at radius 3 is 2.24 bits per heavy atom. The number of hydrogen-bond acceptors (Lipinski definition) is 2. The van der Waals surface area contributed by atoms with Crippen molar-refractivity contribution in [2.45, 2.75) is 58.8 Å².